The molecule has 2 aliphatic heterocycles. The molecule has 162 valence electrons. The molecule has 2 N–H and O–H groups in total. The van der Waals surface area contributed by atoms with Gasteiger partial charge in [0.2, 0.25) is 11.8 Å². The third-order valence-corrected chi connectivity index (χ3v) is 6.84. The molecular weight excluding hydrogens is 382 g/mol. The molecule has 0 radical (unpaired) electrons. The number of benzene rings is 1. The third-order valence-electron chi connectivity index (χ3n) is 6.84. The molecule has 0 spiro atoms. The number of nitrogens with one attached hydrogen (secondary N) is 1. The lowest BCUT2D eigenvalue weighted by atomic mass is 9.90. The van der Waals surface area contributed by atoms with Gasteiger partial charge in [-0.1, -0.05) is 6.07 Å². The van der Waals surface area contributed by atoms with Gasteiger partial charge in [0.1, 0.15) is 0 Å². The van der Waals surface area contributed by atoms with E-state index >= 15 is 0 Å². The highest BCUT2D eigenvalue weighted by Crippen LogP contribution is 2.40. The van der Waals surface area contributed by atoms with E-state index in [-0.39, 0.29) is 42.8 Å². The molecule has 3 amide bonds. The van der Waals surface area contributed by atoms with Gasteiger partial charge in [-0.15, -0.1) is 0 Å². The van der Waals surface area contributed by atoms with Crippen LogP contribution < -0.4 is 5.32 Å². The first kappa shape index (κ1) is 20.8. The average Bonchev–Trinajstić information content (AvgIpc) is 3.43. The van der Waals surface area contributed by atoms with E-state index in [1.807, 2.05) is 30.9 Å². The molecule has 30 heavy (non-hydrogen) atoms. The number of piperidine rings is 1. The first-order valence-electron chi connectivity index (χ1n) is 10.9. The fourth-order valence-electron chi connectivity index (χ4n) is 4.66. The number of fused-ring (bicyclic) bond motifs is 2. The summed E-state index contributed by atoms with van der Waals surface area (Å²) in [6.45, 7) is 4.91. The van der Waals surface area contributed by atoms with Gasteiger partial charge in [0.05, 0.1) is 18.6 Å². The van der Waals surface area contributed by atoms with Gasteiger partial charge in [0.15, 0.2) is 0 Å². The lowest BCUT2D eigenvalue weighted by Crippen LogP contribution is -2.64. The van der Waals surface area contributed by atoms with Crippen LogP contribution in [0.2, 0.25) is 0 Å². The number of amides is 3. The maximum absolute atomic E-state index is 12.8. The maximum atomic E-state index is 12.8. The Labute approximate surface area is 177 Å². The van der Waals surface area contributed by atoms with Crippen LogP contribution in [0.1, 0.15) is 60.0 Å². The summed E-state index contributed by atoms with van der Waals surface area (Å²) >= 11 is 0. The lowest BCUT2D eigenvalue weighted by molar-refractivity contribution is -0.151. The topological polar surface area (TPSA) is 90.0 Å². The van der Waals surface area contributed by atoms with Crippen molar-refractivity contribution < 1.29 is 19.5 Å². The second-order valence-electron chi connectivity index (χ2n) is 9.22. The van der Waals surface area contributed by atoms with Crippen molar-refractivity contribution in [2.24, 2.45) is 0 Å². The fourth-order valence-corrected chi connectivity index (χ4v) is 4.66. The Morgan fingerprint density at radius 1 is 1.07 bits per heavy atom. The van der Waals surface area contributed by atoms with E-state index in [1.54, 1.807) is 11.0 Å². The molecule has 7 nitrogen and oxygen atoms in total. The second-order valence-corrected chi connectivity index (χ2v) is 9.22. The highest BCUT2D eigenvalue weighted by atomic mass is 16.3. The molecule has 2 heterocycles. The number of carbonyl (C=O) groups is 3. The first-order chi connectivity index (χ1) is 14.3. The average molecular weight is 414 g/mol. The summed E-state index contributed by atoms with van der Waals surface area (Å²) in [6, 6.07) is 5.52. The molecule has 0 aromatic heterocycles. The Kier molecular flexibility index (Phi) is 5.57. The molecule has 3 fully saturated rings. The van der Waals surface area contributed by atoms with Gasteiger partial charge in [0, 0.05) is 30.7 Å². The molecule has 2 saturated heterocycles. The molecule has 1 aromatic carbocycles. The van der Waals surface area contributed by atoms with Gasteiger partial charge in [-0.05, 0) is 69.2 Å². The normalized spacial score (nSPS) is 24.4. The quantitative estimate of drug-likeness (QED) is 0.766. The monoisotopic (exact) mass is 413 g/mol. The van der Waals surface area contributed by atoms with E-state index in [0.717, 1.165) is 30.4 Å². The van der Waals surface area contributed by atoms with Crippen LogP contribution in [0.3, 0.4) is 0 Å². The van der Waals surface area contributed by atoms with Crippen molar-refractivity contribution in [3.8, 4) is 0 Å². The zero-order valence-electron chi connectivity index (χ0n) is 17.8. The lowest BCUT2D eigenvalue weighted by Gasteiger charge is -2.50. The number of carbonyl (C=O) groups excluding carboxylic acids is 3. The fraction of sp³-hybridized carbons (Fsp3) is 0.609. The molecule has 2 atom stereocenters. The molecule has 1 aliphatic carbocycles. The Balaban J connectivity index is 1.33. The van der Waals surface area contributed by atoms with Gasteiger partial charge >= 0.3 is 0 Å². The Morgan fingerprint density at radius 2 is 1.73 bits per heavy atom. The summed E-state index contributed by atoms with van der Waals surface area (Å²) in [5, 5.41) is 12.9. The summed E-state index contributed by atoms with van der Waals surface area (Å²) in [6.07, 6.45) is 4.40. The van der Waals surface area contributed by atoms with Crippen molar-refractivity contribution in [2.45, 2.75) is 70.1 Å². The summed E-state index contributed by atoms with van der Waals surface area (Å²) in [5.74, 6) is -0.352. The van der Waals surface area contributed by atoms with Crippen LogP contribution in [0.4, 0.5) is 0 Å². The van der Waals surface area contributed by atoms with E-state index in [4.69, 9.17) is 0 Å². The minimum absolute atomic E-state index is 0.00625. The zero-order valence-corrected chi connectivity index (χ0v) is 17.8. The zero-order chi connectivity index (χ0) is 21.5. The summed E-state index contributed by atoms with van der Waals surface area (Å²) < 4.78 is 0. The minimum Gasteiger partial charge on any atom is -0.389 e. The number of piperazine rings is 1. The number of aryl methyl sites for hydroxylation is 2. The van der Waals surface area contributed by atoms with Crippen molar-refractivity contribution in [2.75, 3.05) is 19.6 Å². The molecule has 2 bridgehead atoms. The number of rotatable bonds is 5. The summed E-state index contributed by atoms with van der Waals surface area (Å²) in [4.78, 5) is 41.7. The standard InChI is InChI=1S/C23H31N3O4/c1-15-6-7-17(10-16(15)2)22(29)24-12-21(28)25-13-18-4-3-5-19(14-25)26(18)20(27)11-23(30)8-9-23/h6-7,10,18-19,30H,3-5,8-9,11-14H2,1-2H3,(H,24,29). The SMILES string of the molecule is Cc1ccc(C(=O)NCC(=O)N2CC3CCCC(C2)N3C(=O)CC2(O)CC2)cc1C. The van der Waals surface area contributed by atoms with E-state index in [0.29, 0.717) is 31.5 Å². The second kappa shape index (κ2) is 8.02. The van der Waals surface area contributed by atoms with Crippen molar-refractivity contribution >= 4 is 17.7 Å². The maximum Gasteiger partial charge on any atom is 0.251 e. The van der Waals surface area contributed by atoms with E-state index in [2.05, 4.69) is 5.32 Å². The largest absolute Gasteiger partial charge is 0.389 e. The molecular formula is C23H31N3O4. The molecule has 4 rings (SSSR count). The highest BCUT2D eigenvalue weighted by molar-refractivity contribution is 5.96. The molecule has 3 aliphatic rings. The Bertz CT molecular complexity index is 850. The summed E-state index contributed by atoms with van der Waals surface area (Å²) in [5.41, 5.74) is 1.92. The predicted molar refractivity (Wildman–Crippen MR) is 112 cm³/mol. The number of nitrogens with zero attached hydrogens (tertiary/aromatic N) is 2. The first-order valence-corrected chi connectivity index (χ1v) is 10.9. The predicted octanol–water partition coefficient (Wildman–Crippen LogP) is 1.54. The van der Waals surface area contributed by atoms with Crippen LogP contribution in [0.15, 0.2) is 18.2 Å². The van der Waals surface area contributed by atoms with Gasteiger partial charge in [-0.2, -0.15) is 0 Å². The third kappa shape index (κ3) is 4.36. The number of hydrogen-bond donors (Lipinski definition) is 2. The molecule has 1 aromatic rings. The van der Waals surface area contributed by atoms with Gasteiger partial charge in [-0.25, -0.2) is 0 Å². The van der Waals surface area contributed by atoms with Crippen LogP contribution in [0.25, 0.3) is 0 Å². The van der Waals surface area contributed by atoms with Gasteiger partial charge < -0.3 is 20.2 Å². The van der Waals surface area contributed by atoms with E-state index in [9.17, 15) is 19.5 Å². The van der Waals surface area contributed by atoms with Crippen LogP contribution in [-0.2, 0) is 9.59 Å². The van der Waals surface area contributed by atoms with Crippen LogP contribution in [0.5, 0.6) is 0 Å². The van der Waals surface area contributed by atoms with Crippen molar-refractivity contribution in [1.29, 1.82) is 0 Å². The van der Waals surface area contributed by atoms with Gasteiger partial charge in [-0.3, -0.25) is 14.4 Å². The molecule has 7 heteroatoms. The Hall–Kier alpha value is -2.41. The smallest absolute Gasteiger partial charge is 0.251 e. The van der Waals surface area contributed by atoms with Crippen molar-refractivity contribution in [1.82, 2.24) is 15.1 Å². The van der Waals surface area contributed by atoms with Crippen LogP contribution >= 0.6 is 0 Å². The van der Waals surface area contributed by atoms with Crippen LogP contribution in [0, 0.1) is 13.8 Å². The molecule has 1 saturated carbocycles. The Morgan fingerprint density at radius 3 is 2.33 bits per heavy atom. The number of likely N-dealkylation sites (tertiary alicyclic amines) is 1. The van der Waals surface area contributed by atoms with E-state index in [1.165, 1.54) is 0 Å². The van der Waals surface area contributed by atoms with Gasteiger partial charge in [0.25, 0.3) is 5.91 Å². The summed E-state index contributed by atoms with van der Waals surface area (Å²) in [7, 11) is 0. The minimum atomic E-state index is -0.795. The van der Waals surface area contributed by atoms with Crippen molar-refractivity contribution in [3.05, 3.63) is 34.9 Å². The van der Waals surface area contributed by atoms with E-state index < -0.39 is 5.60 Å². The van der Waals surface area contributed by atoms with Crippen molar-refractivity contribution in [3.63, 3.8) is 0 Å². The molecule has 2 unspecified atom stereocenters. The van der Waals surface area contributed by atoms with Crippen LogP contribution in [-0.4, -0.2) is 69.9 Å². The number of hydrogen-bond acceptors (Lipinski definition) is 4. The highest BCUT2D eigenvalue weighted by Gasteiger charge is 2.47. The number of aliphatic hydroxyl groups is 1.